The summed E-state index contributed by atoms with van der Waals surface area (Å²) in [6.45, 7) is 2.28. The number of nitrogens with one attached hydrogen (secondary N) is 1. The fourth-order valence-electron chi connectivity index (χ4n) is 3.50. The number of carbonyl (C=O) groups excluding carboxylic acids is 1. The molecule has 9 heteroatoms. The Morgan fingerprint density at radius 3 is 2.42 bits per heavy atom. The Hall–Kier alpha value is -4.27. The van der Waals surface area contributed by atoms with Crippen LogP contribution < -0.4 is 21.3 Å². The second-order valence-corrected chi connectivity index (χ2v) is 7.30. The topological polar surface area (TPSA) is 108 Å². The highest BCUT2D eigenvalue weighted by atomic mass is 16.5. The third kappa shape index (κ3) is 4.98. The molecule has 0 atom stereocenters. The average Bonchev–Trinajstić information content (AvgIpc) is 2.84. The molecule has 0 saturated heterocycles. The maximum absolute atomic E-state index is 13.2. The summed E-state index contributed by atoms with van der Waals surface area (Å²) in [5, 5.41) is 2.75. The Morgan fingerprint density at radius 2 is 1.70 bits per heavy atom. The molecule has 168 valence electrons. The van der Waals surface area contributed by atoms with Crippen molar-refractivity contribution in [3.8, 4) is 5.75 Å². The number of nitrogens with zero attached hydrogens (tertiary/aromatic N) is 4. The predicted molar refractivity (Wildman–Crippen MR) is 124 cm³/mol. The van der Waals surface area contributed by atoms with E-state index < -0.39 is 17.2 Å². The van der Waals surface area contributed by atoms with Crippen LogP contribution in [0.25, 0.3) is 11.2 Å². The standard InChI is InChI=1S/C24H23N5O4/c1-2-33-19-10-8-18(9-11-19)27-20(30)16-29-22-21(25-13-14-26-22)23(31)28(24(29)32)15-12-17-6-4-3-5-7-17/h3-11,13-14H,2,12,15-16H2,1H3,(H,27,30). The number of aryl methyl sites for hydroxylation is 1. The fourth-order valence-corrected chi connectivity index (χ4v) is 3.50. The second-order valence-electron chi connectivity index (χ2n) is 7.30. The highest BCUT2D eigenvalue weighted by Crippen LogP contribution is 2.15. The van der Waals surface area contributed by atoms with Crippen LogP contribution in [0.2, 0.25) is 0 Å². The number of rotatable bonds is 8. The smallest absolute Gasteiger partial charge is 0.333 e. The van der Waals surface area contributed by atoms with Gasteiger partial charge in [0, 0.05) is 24.6 Å². The molecule has 33 heavy (non-hydrogen) atoms. The monoisotopic (exact) mass is 445 g/mol. The summed E-state index contributed by atoms with van der Waals surface area (Å²) < 4.78 is 7.68. The van der Waals surface area contributed by atoms with E-state index in [9.17, 15) is 14.4 Å². The number of fused-ring (bicyclic) bond motifs is 1. The molecule has 4 rings (SSSR count). The third-order valence-electron chi connectivity index (χ3n) is 5.06. The van der Waals surface area contributed by atoms with Crippen molar-refractivity contribution in [2.75, 3.05) is 11.9 Å². The molecule has 0 aliphatic carbocycles. The summed E-state index contributed by atoms with van der Waals surface area (Å²) in [5.74, 6) is 0.264. The van der Waals surface area contributed by atoms with E-state index in [1.807, 2.05) is 37.3 Å². The molecular weight excluding hydrogens is 422 g/mol. The van der Waals surface area contributed by atoms with E-state index in [0.29, 0.717) is 24.5 Å². The van der Waals surface area contributed by atoms with Crippen LogP contribution in [-0.4, -0.2) is 31.6 Å². The first kappa shape index (κ1) is 21.9. The van der Waals surface area contributed by atoms with Gasteiger partial charge < -0.3 is 10.1 Å². The second kappa shape index (κ2) is 9.90. The van der Waals surface area contributed by atoms with E-state index >= 15 is 0 Å². The molecule has 9 nitrogen and oxygen atoms in total. The molecule has 2 aromatic heterocycles. The SMILES string of the molecule is CCOc1ccc(NC(=O)Cn2c(=O)n(CCc3ccccc3)c(=O)c3nccnc32)cc1. The Morgan fingerprint density at radius 1 is 0.970 bits per heavy atom. The van der Waals surface area contributed by atoms with Crippen LogP contribution in [0, 0.1) is 0 Å². The minimum atomic E-state index is -0.606. The molecular formula is C24H23N5O4. The van der Waals surface area contributed by atoms with E-state index in [1.165, 1.54) is 17.0 Å². The summed E-state index contributed by atoms with van der Waals surface area (Å²) in [7, 11) is 0. The van der Waals surface area contributed by atoms with E-state index in [4.69, 9.17) is 4.74 Å². The summed E-state index contributed by atoms with van der Waals surface area (Å²) >= 11 is 0. The van der Waals surface area contributed by atoms with Gasteiger partial charge in [-0.2, -0.15) is 0 Å². The van der Waals surface area contributed by atoms with Gasteiger partial charge in [0.25, 0.3) is 5.56 Å². The van der Waals surface area contributed by atoms with Gasteiger partial charge in [-0.1, -0.05) is 30.3 Å². The van der Waals surface area contributed by atoms with Gasteiger partial charge in [-0.15, -0.1) is 0 Å². The number of hydrogen-bond acceptors (Lipinski definition) is 6. The lowest BCUT2D eigenvalue weighted by Crippen LogP contribution is -2.42. The molecule has 0 aliphatic rings. The zero-order chi connectivity index (χ0) is 23.2. The molecule has 0 saturated carbocycles. The number of amides is 1. The van der Waals surface area contributed by atoms with Gasteiger partial charge >= 0.3 is 5.69 Å². The summed E-state index contributed by atoms with van der Waals surface area (Å²) in [5.41, 5.74) is 0.532. The molecule has 2 heterocycles. The van der Waals surface area contributed by atoms with Crippen LogP contribution in [0.4, 0.5) is 5.69 Å². The average molecular weight is 445 g/mol. The highest BCUT2D eigenvalue weighted by Gasteiger charge is 2.17. The van der Waals surface area contributed by atoms with Crippen LogP contribution >= 0.6 is 0 Å². The lowest BCUT2D eigenvalue weighted by Gasteiger charge is -2.13. The third-order valence-corrected chi connectivity index (χ3v) is 5.06. The maximum atomic E-state index is 13.2. The first-order chi connectivity index (χ1) is 16.1. The van der Waals surface area contributed by atoms with E-state index in [-0.39, 0.29) is 24.3 Å². The van der Waals surface area contributed by atoms with Gasteiger partial charge in [0.1, 0.15) is 12.3 Å². The van der Waals surface area contributed by atoms with Crippen molar-refractivity contribution in [3.05, 3.63) is 93.4 Å². The molecule has 1 amide bonds. The van der Waals surface area contributed by atoms with Gasteiger partial charge in [-0.05, 0) is 43.2 Å². The summed E-state index contributed by atoms with van der Waals surface area (Å²) in [6, 6.07) is 16.5. The Balaban J connectivity index is 1.62. The van der Waals surface area contributed by atoms with Crippen molar-refractivity contribution in [1.82, 2.24) is 19.1 Å². The minimum absolute atomic E-state index is 0.0408. The molecule has 0 spiro atoms. The van der Waals surface area contributed by atoms with Gasteiger partial charge in [-0.25, -0.2) is 14.8 Å². The largest absolute Gasteiger partial charge is 0.494 e. The number of hydrogen-bond donors (Lipinski definition) is 1. The molecule has 0 unspecified atom stereocenters. The van der Waals surface area contributed by atoms with Crippen LogP contribution in [0.1, 0.15) is 12.5 Å². The van der Waals surface area contributed by atoms with Gasteiger partial charge in [0.05, 0.1) is 6.61 Å². The number of anilines is 1. The predicted octanol–water partition coefficient (Wildman–Crippen LogP) is 2.23. The normalized spacial score (nSPS) is 10.8. The van der Waals surface area contributed by atoms with Crippen molar-refractivity contribution in [3.63, 3.8) is 0 Å². The van der Waals surface area contributed by atoms with Crippen LogP contribution in [-0.2, 0) is 24.3 Å². The van der Waals surface area contributed by atoms with Gasteiger partial charge in [0.2, 0.25) is 5.91 Å². The van der Waals surface area contributed by atoms with Gasteiger partial charge in [-0.3, -0.25) is 18.7 Å². The lowest BCUT2D eigenvalue weighted by atomic mass is 10.1. The molecule has 2 aromatic carbocycles. The van der Waals surface area contributed by atoms with E-state index in [2.05, 4.69) is 15.3 Å². The first-order valence-corrected chi connectivity index (χ1v) is 10.6. The Labute approximate surface area is 189 Å². The van der Waals surface area contributed by atoms with Crippen molar-refractivity contribution in [2.24, 2.45) is 0 Å². The molecule has 0 radical (unpaired) electrons. The maximum Gasteiger partial charge on any atom is 0.333 e. The fraction of sp³-hybridized carbons (Fsp3) is 0.208. The molecule has 0 bridgehead atoms. The zero-order valence-electron chi connectivity index (χ0n) is 18.1. The van der Waals surface area contributed by atoms with Crippen LogP contribution in [0.5, 0.6) is 5.75 Å². The Bertz CT molecular complexity index is 1380. The molecule has 1 N–H and O–H groups in total. The van der Waals surface area contributed by atoms with Crippen LogP contribution in [0.15, 0.2) is 76.6 Å². The number of ether oxygens (including phenoxy) is 1. The quantitative estimate of drug-likeness (QED) is 0.446. The first-order valence-electron chi connectivity index (χ1n) is 10.6. The highest BCUT2D eigenvalue weighted by molar-refractivity contribution is 5.91. The van der Waals surface area contributed by atoms with Crippen LogP contribution in [0.3, 0.4) is 0 Å². The Kier molecular flexibility index (Phi) is 6.58. The van der Waals surface area contributed by atoms with Crippen molar-refractivity contribution in [1.29, 1.82) is 0 Å². The number of benzene rings is 2. The summed E-state index contributed by atoms with van der Waals surface area (Å²) in [6.07, 6.45) is 3.26. The zero-order valence-corrected chi connectivity index (χ0v) is 18.1. The van der Waals surface area contributed by atoms with Crippen molar-refractivity contribution in [2.45, 2.75) is 26.4 Å². The van der Waals surface area contributed by atoms with Gasteiger partial charge in [0.15, 0.2) is 11.2 Å². The molecule has 0 fully saturated rings. The van der Waals surface area contributed by atoms with E-state index in [0.717, 1.165) is 10.1 Å². The molecule has 0 aliphatic heterocycles. The molecule has 4 aromatic rings. The van der Waals surface area contributed by atoms with Crippen molar-refractivity contribution < 1.29 is 9.53 Å². The van der Waals surface area contributed by atoms with E-state index in [1.54, 1.807) is 24.3 Å². The minimum Gasteiger partial charge on any atom is -0.494 e. The number of aromatic nitrogens is 4. The number of carbonyl (C=O) groups is 1. The summed E-state index contributed by atoms with van der Waals surface area (Å²) in [4.78, 5) is 47.1. The van der Waals surface area contributed by atoms with Crippen molar-refractivity contribution >= 4 is 22.8 Å². The lowest BCUT2D eigenvalue weighted by molar-refractivity contribution is -0.116.